The number of benzene rings is 1. The average molecular weight is 471 g/mol. The third-order valence-corrected chi connectivity index (χ3v) is 6.99. The molecule has 0 unspecified atom stereocenters. The van der Waals surface area contributed by atoms with E-state index in [1.807, 2.05) is 16.9 Å². The molecular formula is C24H30N4O4S. The smallest absolute Gasteiger partial charge is 0.318 e. The molecule has 2 N–H and O–H groups in total. The number of nitrogens with one attached hydrogen (secondary N) is 2. The van der Waals surface area contributed by atoms with E-state index >= 15 is 0 Å². The van der Waals surface area contributed by atoms with Crippen LogP contribution in [0, 0.1) is 5.92 Å². The summed E-state index contributed by atoms with van der Waals surface area (Å²) in [5, 5.41) is 5.85. The lowest BCUT2D eigenvalue weighted by atomic mass is 9.83. The standard InChI is InChI=1S/C24H30N4O4S/c1-32-19-8-6-18(7-9-19)25-23(30)20(10-11-33-2)26-24(31)27-13-16-12-17(15-27)21-4-3-5-22(29)28(21)14-16/h3-9,16-17,20H,10-15H2,1-2H3,(H,25,30)(H,26,31)/t16-,17+,20-/m0/s1. The number of methoxy groups -OCH3 is 1. The van der Waals surface area contributed by atoms with E-state index in [1.165, 1.54) is 0 Å². The van der Waals surface area contributed by atoms with Crippen molar-refractivity contribution in [3.8, 4) is 5.75 Å². The minimum Gasteiger partial charge on any atom is -0.497 e. The van der Waals surface area contributed by atoms with Crippen LogP contribution in [0.4, 0.5) is 10.5 Å². The molecule has 4 rings (SSSR count). The number of likely N-dealkylation sites (tertiary alicyclic amines) is 1. The molecular weight excluding hydrogens is 440 g/mol. The molecule has 2 bridgehead atoms. The van der Waals surface area contributed by atoms with Crippen LogP contribution in [-0.2, 0) is 11.3 Å². The normalized spacial score (nSPS) is 19.9. The summed E-state index contributed by atoms with van der Waals surface area (Å²) in [4.78, 5) is 40.2. The Hall–Kier alpha value is -2.94. The van der Waals surface area contributed by atoms with E-state index in [0.717, 1.165) is 17.9 Å². The van der Waals surface area contributed by atoms with Gasteiger partial charge in [0.2, 0.25) is 5.91 Å². The molecule has 8 nitrogen and oxygen atoms in total. The van der Waals surface area contributed by atoms with Crippen molar-refractivity contribution < 1.29 is 14.3 Å². The highest BCUT2D eigenvalue weighted by Crippen LogP contribution is 2.34. The topological polar surface area (TPSA) is 92.7 Å². The fourth-order valence-electron chi connectivity index (χ4n) is 4.71. The van der Waals surface area contributed by atoms with Crippen molar-refractivity contribution in [1.82, 2.24) is 14.8 Å². The number of aromatic nitrogens is 1. The maximum absolute atomic E-state index is 13.2. The molecule has 0 saturated carbocycles. The molecule has 3 amide bonds. The highest BCUT2D eigenvalue weighted by Gasteiger charge is 2.37. The van der Waals surface area contributed by atoms with Crippen LogP contribution in [0.3, 0.4) is 0 Å². The van der Waals surface area contributed by atoms with Crippen molar-refractivity contribution in [2.45, 2.75) is 31.3 Å². The first kappa shape index (κ1) is 23.2. The number of nitrogens with zero attached hydrogens (tertiary/aromatic N) is 2. The quantitative estimate of drug-likeness (QED) is 0.649. The molecule has 1 saturated heterocycles. The number of fused-ring (bicyclic) bond motifs is 4. The maximum Gasteiger partial charge on any atom is 0.318 e. The Morgan fingerprint density at radius 3 is 2.67 bits per heavy atom. The number of hydrogen-bond acceptors (Lipinski definition) is 5. The van der Waals surface area contributed by atoms with E-state index in [2.05, 4.69) is 10.6 Å². The number of ether oxygens (including phenoxy) is 1. The zero-order chi connectivity index (χ0) is 23.4. The zero-order valence-corrected chi connectivity index (χ0v) is 19.8. The third kappa shape index (κ3) is 5.35. The van der Waals surface area contributed by atoms with Crippen LogP contribution in [0.5, 0.6) is 5.75 Å². The summed E-state index contributed by atoms with van der Waals surface area (Å²) in [5.41, 5.74) is 1.67. The Labute approximate surface area is 197 Å². The largest absolute Gasteiger partial charge is 0.497 e. The number of carbonyl (C=O) groups excluding carboxylic acids is 2. The van der Waals surface area contributed by atoms with Gasteiger partial charge in [0.25, 0.3) is 5.56 Å². The molecule has 0 aliphatic carbocycles. The third-order valence-electron chi connectivity index (χ3n) is 6.35. The van der Waals surface area contributed by atoms with E-state index < -0.39 is 6.04 Å². The maximum atomic E-state index is 13.2. The summed E-state index contributed by atoms with van der Waals surface area (Å²) in [6, 6.07) is 11.6. The molecule has 2 aromatic rings. The van der Waals surface area contributed by atoms with Gasteiger partial charge in [0.1, 0.15) is 11.8 Å². The van der Waals surface area contributed by atoms with Gasteiger partial charge >= 0.3 is 6.03 Å². The minimum absolute atomic E-state index is 0.0208. The summed E-state index contributed by atoms with van der Waals surface area (Å²) in [6.45, 7) is 1.75. The number of carbonyl (C=O) groups is 2. The van der Waals surface area contributed by atoms with Crippen molar-refractivity contribution in [2.75, 3.05) is 37.5 Å². The fourth-order valence-corrected chi connectivity index (χ4v) is 5.18. The minimum atomic E-state index is -0.635. The Morgan fingerprint density at radius 1 is 1.15 bits per heavy atom. The molecule has 0 radical (unpaired) electrons. The van der Waals surface area contributed by atoms with Crippen LogP contribution in [0.2, 0.25) is 0 Å². The average Bonchev–Trinajstić information content (AvgIpc) is 2.82. The molecule has 9 heteroatoms. The van der Waals surface area contributed by atoms with Gasteiger partial charge in [0, 0.05) is 43.0 Å². The second kappa shape index (κ2) is 10.3. The number of rotatable bonds is 7. The van der Waals surface area contributed by atoms with Gasteiger partial charge in [-0.1, -0.05) is 6.07 Å². The summed E-state index contributed by atoms with van der Waals surface area (Å²) in [5.74, 6) is 1.59. The van der Waals surface area contributed by atoms with Gasteiger partial charge in [-0.2, -0.15) is 11.8 Å². The number of urea groups is 1. The molecule has 1 aromatic heterocycles. The van der Waals surface area contributed by atoms with Crippen molar-refractivity contribution >= 4 is 29.4 Å². The number of pyridine rings is 1. The number of piperidine rings is 1. The monoisotopic (exact) mass is 470 g/mol. The van der Waals surface area contributed by atoms with Crippen LogP contribution in [0.1, 0.15) is 24.5 Å². The van der Waals surface area contributed by atoms with Crippen LogP contribution < -0.4 is 20.9 Å². The Kier molecular flexibility index (Phi) is 7.27. The predicted octanol–water partition coefficient (Wildman–Crippen LogP) is 2.75. The van der Waals surface area contributed by atoms with Gasteiger partial charge in [0.05, 0.1) is 7.11 Å². The predicted molar refractivity (Wildman–Crippen MR) is 130 cm³/mol. The Balaban J connectivity index is 1.42. The molecule has 2 aliphatic rings. The van der Waals surface area contributed by atoms with Crippen LogP contribution >= 0.6 is 11.8 Å². The molecule has 1 aromatic carbocycles. The molecule has 0 spiro atoms. The van der Waals surface area contributed by atoms with Crippen molar-refractivity contribution in [3.63, 3.8) is 0 Å². The number of thioether (sulfide) groups is 1. The van der Waals surface area contributed by atoms with Gasteiger partial charge in [-0.05, 0) is 61.1 Å². The first-order valence-electron chi connectivity index (χ1n) is 11.2. The highest BCUT2D eigenvalue weighted by molar-refractivity contribution is 7.98. The molecule has 33 heavy (non-hydrogen) atoms. The van der Waals surface area contributed by atoms with Crippen LogP contribution in [0.15, 0.2) is 47.3 Å². The second-order valence-corrected chi connectivity index (χ2v) is 9.59. The van der Waals surface area contributed by atoms with Gasteiger partial charge in [0.15, 0.2) is 0 Å². The molecule has 3 heterocycles. The van der Waals surface area contributed by atoms with E-state index in [9.17, 15) is 14.4 Å². The summed E-state index contributed by atoms with van der Waals surface area (Å²) in [7, 11) is 1.59. The zero-order valence-electron chi connectivity index (χ0n) is 19.0. The number of anilines is 1. The van der Waals surface area contributed by atoms with Crippen LogP contribution in [0.25, 0.3) is 0 Å². The molecule has 176 valence electrons. The first-order chi connectivity index (χ1) is 16.0. The fraction of sp³-hybridized carbons (Fsp3) is 0.458. The van der Waals surface area contributed by atoms with Crippen molar-refractivity contribution in [2.24, 2.45) is 5.92 Å². The van der Waals surface area contributed by atoms with Gasteiger partial charge in [-0.15, -0.1) is 0 Å². The SMILES string of the molecule is COc1ccc(NC(=O)[C@H](CCSC)NC(=O)N2C[C@@H]3C[C@H](C2)c2cccc(=O)n2C3)cc1. The van der Waals surface area contributed by atoms with Gasteiger partial charge in [-0.3, -0.25) is 9.59 Å². The van der Waals surface area contributed by atoms with Crippen LogP contribution in [-0.4, -0.2) is 59.7 Å². The summed E-state index contributed by atoms with van der Waals surface area (Å²) in [6.07, 6.45) is 3.49. The van der Waals surface area contributed by atoms with E-state index in [4.69, 9.17) is 4.74 Å². The second-order valence-electron chi connectivity index (χ2n) is 8.60. The Bertz CT molecular complexity index is 1060. The van der Waals surface area contributed by atoms with Crippen molar-refractivity contribution in [3.05, 3.63) is 58.5 Å². The number of amides is 3. The first-order valence-corrected chi connectivity index (χ1v) is 12.6. The van der Waals surface area contributed by atoms with E-state index in [1.54, 1.807) is 60.2 Å². The van der Waals surface area contributed by atoms with E-state index in [0.29, 0.717) is 37.5 Å². The van der Waals surface area contributed by atoms with Crippen molar-refractivity contribution in [1.29, 1.82) is 0 Å². The lowest BCUT2D eigenvalue weighted by Crippen LogP contribution is -2.55. The van der Waals surface area contributed by atoms with E-state index in [-0.39, 0.29) is 29.3 Å². The Morgan fingerprint density at radius 2 is 1.94 bits per heavy atom. The lowest BCUT2D eigenvalue weighted by Gasteiger charge is -2.43. The number of hydrogen-bond donors (Lipinski definition) is 2. The molecule has 2 aliphatic heterocycles. The van der Waals surface area contributed by atoms with Gasteiger partial charge in [-0.25, -0.2) is 4.79 Å². The molecule has 3 atom stereocenters. The van der Waals surface area contributed by atoms with Gasteiger partial charge < -0.3 is 24.8 Å². The lowest BCUT2D eigenvalue weighted by molar-refractivity contribution is -0.118. The highest BCUT2D eigenvalue weighted by atomic mass is 32.2. The summed E-state index contributed by atoms with van der Waals surface area (Å²) >= 11 is 1.63. The summed E-state index contributed by atoms with van der Waals surface area (Å²) < 4.78 is 7.00. The molecule has 1 fully saturated rings.